The Morgan fingerprint density at radius 1 is 1.22 bits per heavy atom. The van der Waals surface area contributed by atoms with Gasteiger partial charge in [-0.25, -0.2) is 0 Å². The maximum Gasteiger partial charge on any atom is 0.226 e. The summed E-state index contributed by atoms with van der Waals surface area (Å²) in [6.07, 6.45) is 0.243. The molecule has 1 aromatic carbocycles. The van der Waals surface area contributed by atoms with Gasteiger partial charge >= 0.3 is 0 Å². The summed E-state index contributed by atoms with van der Waals surface area (Å²) in [7, 11) is 1.62. The molecule has 2 atom stereocenters. The van der Waals surface area contributed by atoms with Crippen molar-refractivity contribution in [1.82, 2.24) is 15.1 Å². The summed E-state index contributed by atoms with van der Waals surface area (Å²) in [5.41, 5.74) is 0.993. The topological polar surface area (TPSA) is 71.1 Å². The Balaban J connectivity index is 1.64. The molecule has 1 N–H and O–H groups in total. The summed E-state index contributed by atoms with van der Waals surface area (Å²) in [5.74, 6) is -0.416. The number of hydrogen-bond acceptors (Lipinski definition) is 5. The van der Waals surface area contributed by atoms with Gasteiger partial charge in [0.25, 0.3) is 0 Å². The van der Waals surface area contributed by atoms with Crippen LogP contribution in [0.15, 0.2) is 30.3 Å². The molecule has 2 saturated heterocycles. The van der Waals surface area contributed by atoms with Gasteiger partial charge in [-0.15, -0.1) is 0 Å². The molecule has 0 aliphatic carbocycles. The molecule has 0 aromatic heterocycles. The van der Waals surface area contributed by atoms with Crippen LogP contribution in [-0.2, 0) is 19.1 Å². The fourth-order valence-corrected chi connectivity index (χ4v) is 3.83. The number of carbonyl (C=O) groups excluding carboxylic acids is 2. The second kappa shape index (κ2) is 9.82. The second-order valence-corrected chi connectivity index (χ2v) is 6.99. The largest absolute Gasteiger partial charge is 0.383 e. The van der Waals surface area contributed by atoms with Crippen molar-refractivity contribution < 1.29 is 19.1 Å². The Morgan fingerprint density at radius 2 is 1.96 bits per heavy atom. The van der Waals surface area contributed by atoms with Crippen molar-refractivity contribution in [3.05, 3.63) is 35.9 Å². The van der Waals surface area contributed by atoms with Crippen molar-refractivity contribution in [2.45, 2.75) is 12.5 Å². The SMILES string of the molecule is COCCN1C(=O)C[C@@H](C(=O)NCCN2CCOCC2)[C@@H]1c1ccccc1. The molecule has 0 spiro atoms. The average Bonchev–Trinajstić information content (AvgIpc) is 3.04. The first-order valence-electron chi connectivity index (χ1n) is 9.62. The normalized spacial score (nSPS) is 23.6. The zero-order valence-corrected chi connectivity index (χ0v) is 15.9. The van der Waals surface area contributed by atoms with Crippen molar-refractivity contribution in [3.63, 3.8) is 0 Å². The summed E-state index contributed by atoms with van der Waals surface area (Å²) in [6.45, 7) is 5.63. The van der Waals surface area contributed by atoms with Crippen molar-refractivity contribution in [2.75, 3.05) is 59.7 Å². The third-order valence-corrected chi connectivity index (χ3v) is 5.28. The number of likely N-dealkylation sites (tertiary alicyclic amines) is 1. The predicted molar refractivity (Wildman–Crippen MR) is 101 cm³/mol. The Morgan fingerprint density at radius 3 is 2.67 bits per heavy atom. The molecule has 7 heteroatoms. The van der Waals surface area contributed by atoms with Gasteiger partial charge in [0.2, 0.25) is 11.8 Å². The van der Waals surface area contributed by atoms with Crippen LogP contribution in [0.2, 0.25) is 0 Å². The van der Waals surface area contributed by atoms with Crippen LogP contribution in [0.4, 0.5) is 0 Å². The van der Waals surface area contributed by atoms with Gasteiger partial charge in [-0.1, -0.05) is 30.3 Å². The molecular weight excluding hydrogens is 346 g/mol. The van der Waals surface area contributed by atoms with Gasteiger partial charge in [0.15, 0.2) is 0 Å². The molecule has 0 unspecified atom stereocenters. The smallest absolute Gasteiger partial charge is 0.226 e. The first-order valence-corrected chi connectivity index (χ1v) is 9.62. The number of ether oxygens (including phenoxy) is 2. The zero-order valence-electron chi connectivity index (χ0n) is 15.9. The lowest BCUT2D eigenvalue weighted by atomic mass is 9.93. The average molecular weight is 375 g/mol. The van der Waals surface area contributed by atoms with Crippen LogP contribution in [0.5, 0.6) is 0 Å². The van der Waals surface area contributed by atoms with Crippen LogP contribution in [0, 0.1) is 5.92 Å². The molecular formula is C20H29N3O4. The number of methoxy groups -OCH3 is 1. The number of nitrogens with zero attached hydrogens (tertiary/aromatic N) is 2. The highest BCUT2D eigenvalue weighted by Crippen LogP contribution is 2.38. The number of benzene rings is 1. The minimum Gasteiger partial charge on any atom is -0.383 e. The van der Waals surface area contributed by atoms with Gasteiger partial charge in [0.05, 0.1) is 31.8 Å². The van der Waals surface area contributed by atoms with E-state index < -0.39 is 0 Å². The van der Waals surface area contributed by atoms with Crippen molar-refractivity contribution in [3.8, 4) is 0 Å². The van der Waals surface area contributed by atoms with E-state index in [4.69, 9.17) is 9.47 Å². The van der Waals surface area contributed by atoms with Crippen LogP contribution >= 0.6 is 0 Å². The third-order valence-electron chi connectivity index (χ3n) is 5.28. The summed E-state index contributed by atoms with van der Waals surface area (Å²) in [4.78, 5) is 29.5. The van der Waals surface area contributed by atoms with Gasteiger partial charge in [-0.3, -0.25) is 14.5 Å². The lowest BCUT2D eigenvalue weighted by molar-refractivity contribution is -0.129. The quantitative estimate of drug-likeness (QED) is 0.723. The number of rotatable bonds is 8. The molecule has 0 bridgehead atoms. The van der Waals surface area contributed by atoms with E-state index in [0.29, 0.717) is 19.7 Å². The number of carbonyl (C=O) groups is 2. The van der Waals surface area contributed by atoms with E-state index in [1.54, 1.807) is 12.0 Å². The number of nitrogens with one attached hydrogen (secondary N) is 1. The molecule has 3 rings (SSSR count). The van der Waals surface area contributed by atoms with Crippen LogP contribution in [0.25, 0.3) is 0 Å². The molecule has 2 aliphatic heterocycles. The van der Waals surface area contributed by atoms with E-state index in [9.17, 15) is 9.59 Å². The third kappa shape index (κ3) is 5.06. The Kier molecular flexibility index (Phi) is 7.20. The predicted octanol–water partition coefficient (Wildman–Crippen LogP) is 0.671. The van der Waals surface area contributed by atoms with E-state index in [0.717, 1.165) is 38.4 Å². The van der Waals surface area contributed by atoms with E-state index in [2.05, 4.69) is 10.2 Å². The highest BCUT2D eigenvalue weighted by molar-refractivity contribution is 5.90. The van der Waals surface area contributed by atoms with Crippen molar-refractivity contribution >= 4 is 11.8 Å². The van der Waals surface area contributed by atoms with Crippen LogP contribution in [-0.4, -0.2) is 81.3 Å². The highest BCUT2D eigenvalue weighted by atomic mass is 16.5. The highest BCUT2D eigenvalue weighted by Gasteiger charge is 2.44. The molecule has 2 aliphatic rings. The number of hydrogen-bond donors (Lipinski definition) is 1. The van der Waals surface area contributed by atoms with E-state index in [1.165, 1.54) is 0 Å². The number of morpholine rings is 1. The molecule has 0 radical (unpaired) electrons. The molecule has 0 saturated carbocycles. The van der Waals surface area contributed by atoms with Gasteiger partial charge in [0, 0.05) is 46.3 Å². The Hall–Kier alpha value is -1.96. The monoisotopic (exact) mass is 375 g/mol. The lowest BCUT2D eigenvalue weighted by Crippen LogP contribution is -2.43. The van der Waals surface area contributed by atoms with Crippen LogP contribution < -0.4 is 5.32 Å². The fraction of sp³-hybridized carbons (Fsp3) is 0.600. The molecule has 27 heavy (non-hydrogen) atoms. The van der Waals surface area contributed by atoms with Crippen molar-refractivity contribution in [1.29, 1.82) is 0 Å². The minimum atomic E-state index is -0.374. The van der Waals surface area contributed by atoms with Gasteiger partial charge in [-0.05, 0) is 5.56 Å². The van der Waals surface area contributed by atoms with Gasteiger partial charge in [-0.2, -0.15) is 0 Å². The fourth-order valence-electron chi connectivity index (χ4n) is 3.83. The van der Waals surface area contributed by atoms with E-state index in [1.807, 2.05) is 30.3 Å². The molecule has 1 aromatic rings. The summed E-state index contributed by atoms with van der Waals surface area (Å²) in [6, 6.07) is 9.56. The molecule has 148 valence electrons. The summed E-state index contributed by atoms with van der Waals surface area (Å²) in [5, 5.41) is 3.04. The maximum absolute atomic E-state index is 12.9. The maximum atomic E-state index is 12.9. The molecule has 2 fully saturated rings. The molecule has 2 amide bonds. The minimum absolute atomic E-state index is 0.00855. The lowest BCUT2D eigenvalue weighted by Gasteiger charge is -2.29. The van der Waals surface area contributed by atoms with Crippen molar-refractivity contribution in [2.24, 2.45) is 5.92 Å². The van der Waals surface area contributed by atoms with Gasteiger partial charge < -0.3 is 19.7 Å². The van der Waals surface area contributed by atoms with E-state index >= 15 is 0 Å². The van der Waals surface area contributed by atoms with E-state index in [-0.39, 0.29) is 30.2 Å². The molecule has 7 nitrogen and oxygen atoms in total. The Labute approximate surface area is 160 Å². The van der Waals surface area contributed by atoms with Crippen LogP contribution in [0.3, 0.4) is 0 Å². The standard InChI is InChI=1S/C20H29N3O4/c1-26-12-11-23-18(24)15-17(19(23)16-5-3-2-4-6-16)20(25)21-7-8-22-9-13-27-14-10-22/h2-6,17,19H,7-15H2,1H3,(H,21,25)/t17-,19+/m1/s1. The summed E-state index contributed by atoms with van der Waals surface area (Å²) >= 11 is 0. The zero-order chi connectivity index (χ0) is 19.1. The van der Waals surface area contributed by atoms with Gasteiger partial charge in [0.1, 0.15) is 0 Å². The summed E-state index contributed by atoms with van der Waals surface area (Å²) < 4.78 is 10.5. The Bertz CT molecular complexity index is 619. The first-order chi connectivity index (χ1) is 13.2. The first kappa shape index (κ1) is 19.8. The second-order valence-electron chi connectivity index (χ2n) is 6.99. The molecule has 2 heterocycles. The van der Waals surface area contributed by atoms with Crippen LogP contribution in [0.1, 0.15) is 18.0 Å². The number of amides is 2.